The van der Waals surface area contributed by atoms with Crippen LogP contribution in [-0.4, -0.2) is 76.7 Å². The molecule has 0 saturated carbocycles. The first-order chi connectivity index (χ1) is 17.2. The molecule has 2 bridgehead atoms. The number of halogens is 1. The van der Waals surface area contributed by atoms with E-state index in [1.54, 1.807) is 11.0 Å². The van der Waals surface area contributed by atoms with Gasteiger partial charge in [0, 0.05) is 30.2 Å². The second-order valence-electron chi connectivity index (χ2n) is 9.72. The van der Waals surface area contributed by atoms with Gasteiger partial charge in [-0.25, -0.2) is 0 Å². The molecule has 9 heteroatoms. The number of amides is 2. The second kappa shape index (κ2) is 10.5. The number of benzene rings is 1. The number of alkyl halides is 1. The number of aliphatic hydroxyl groups excluding tert-OH is 1. The van der Waals surface area contributed by atoms with Gasteiger partial charge in [0.1, 0.15) is 18.2 Å². The Balaban J connectivity index is 1.80. The fourth-order valence-electron chi connectivity index (χ4n) is 5.99. The van der Waals surface area contributed by atoms with E-state index in [0.29, 0.717) is 12.8 Å². The van der Waals surface area contributed by atoms with Gasteiger partial charge < -0.3 is 24.4 Å². The van der Waals surface area contributed by atoms with E-state index in [4.69, 9.17) is 9.47 Å². The average Bonchev–Trinajstić information content (AvgIpc) is 3.44. The summed E-state index contributed by atoms with van der Waals surface area (Å²) in [5, 5.41) is 9.52. The molecule has 3 aliphatic heterocycles. The summed E-state index contributed by atoms with van der Waals surface area (Å²) in [6.07, 6.45) is 3.25. The van der Waals surface area contributed by atoms with Gasteiger partial charge in [0.05, 0.1) is 17.9 Å². The van der Waals surface area contributed by atoms with Crippen molar-refractivity contribution in [1.29, 1.82) is 0 Å². The Morgan fingerprint density at radius 3 is 2.75 bits per heavy atom. The standard InChI is InChI=1S/C27H33BrN2O6/c1-5-10-29(19-14-16(3)8-9-17(19)4)25(33)23-27-15-18(28)22(36-27)20(26(34)35-13-6-2)21(27)24(32)30(23)11-7-12-31/h5-6,8-9,14,18,20-23,31H,1-2,7,10-13,15H2,3-4H3/t18?,20-,21-,22-,23?,27?/m0/s1. The number of nitrogens with zero attached hydrogens (tertiary/aromatic N) is 2. The topological polar surface area (TPSA) is 96.4 Å². The number of ether oxygens (including phenoxy) is 2. The zero-order valence-electron chi connectivity index (χ0n) is 20.7. The van der Waals surface area contributed by atoms with Gasteiger partial charge in [-0.3, -0.25) is 14.4 Å². The first-order valence-corrected chi connectivity index (χ1v) is 13.1. The van der Waals surface area contributed by atoms with E-state index in [1.165, 1.54) is 11.0 Å². The van der Waals surface area contributed by atoms with Gasteiger partial charge in [0.15, 0.2) is 0 Å². The molecule has 6 atom stereocenters. The first kappa shape index (κ1) is 26.6. The van der Waals surface area contributed by atoms with Crippen molar-refractivity contribution in [3.05, 3.63) is 54.6 Å². The number of likely N-dealkylation sites (tertiary alicyclic amines) is 1. The highest BCUT2D eigenvalue weighted by Gasteiger charge is 2.77. The maximum absolute atomic E-state index is 14.4. The smallest absolute Gasteiger partial charge is 0.312 e. The molecule has 3 aliphatic rings. The van der Waals surface area contributed by atoms with Crippen LogP contribution in [0.5, 0.6) is 0 Å². The summed E-state index contributed by atoms with van der Waals surface area (Å²) in [6.45, 7) is 11.6. The van der Waals surface area contributed by atoms with Crippen molar-refractivity contribution in [2.75, 3.05) is 31.2 Å². The molecule has 0 aromatic heterocycles. The largest absolute Gasteiger partial charge is 0.461 e. The Morgan fingerprint density at radius 2 is 2.08 bits per heavy atom. The zero-order valence-corrected chi connectivity index (χ0v) is 22.3. The van der Waals surface area contributed by atoms with Gasteiger partial charge in [0.25, 0.3) is 5.91 Å². The van der Waals surface area contributed by atoms with Crippen LogP contribution >= 0.6 is 15.9 Å². The molecular formula is C27H33BrN2O6. The summed E-state index contributed by atoms with van der Waals surface area (Å²) >= 11 is 3.64. The lowest BCUT2D eigenvalue weighted by atomic mass is 9.70. The summed E-state index contributed by atoms with van der Waals surface area (Å²) in [4.78, 5) is 44.2. The van der Waals surface area contributed by atoms with Gasteiger partial charge in [-0.1, -0.05) is 46.8 Å². The Bertz CT molecular complexity index is 1080. The van der Waals surface area contributed by atoms with E-state index in [2.05, 4.69) is 29.1 Å². The number of rotatable bonds is 10. The minimum absolute atomic E-state index is 0.0270. The molecule has 1 N–H and O–H groups in total. The van der Waals surface area contributed by atoms with Crippen molar-refractivity contribution in [1.82, 2.24) is 4.90 Å². The highest BCUT2D eigenvalue weighted by atomic mass is 79.9. The van der Waals surface area contributed by atoms with Crippen LogP contribution in [0.15, 0.2) is 43.5 Å². The van der Waals surface area contributed by atoms with Crippen molar-refractivity contribution in [3.8, 4) is 0 Å². The van der Waals surface area contributed by atoms with Crippen molar-refractivity contribution >= 4 is 39.4 Å². The Hall–Kier alpha value is -2.49. The SMILES string of the molecule is C=CCOC(=O)[C@H]1[C@H]2C(=O)N(CCCO)C(C(=O)N(CC=C)c3cc(C)ccc3C)C23CC(Br)[C@@H]1O3. The third-order valence-corrected chi connectivity index (χ3v) is 8.27. The highest BCUT2D eigenvalue weighted by Crippen LogP contribution is 2.60. The molecule has 1 aromatic carbocycles. The third-order valence-electron chi connectivity index (χ3n) is 7.43. The summed E-state index contributed by atoms with van der Waals surface area (Å²) in [7, 11) is 0. The molecule has 0 radical (unpaired) electrons. The maximum Gasteiger partial charge on any atom is 0.312 e. The molecule has 2 amide bonds. The molecule has 4 rings (SSSR count). The van der Waals surface area contributed by atoms with Gasteiger partial charge in [0.2, 0.25) is 5.91 Å². The van der Waals surface area contributed by atoms with Crippen LogP contribution in [0.25, 0.3) is 0 Å². The first-order valence-electron chi connectivity index (χ1n) is 12.2. The van der Waals surface area contributed by atoms with Gasteiger partial charge in [-0.2, -0.15) is 0 Å². The van der Waals surface area contributed by atoms with Gasteiger partial charge in [-0.15, -0.1) is 6.58 Å². The van der Waals surface area contributed by atoms with Gasteiger partial charge in [-0.05, 0) is 43.9 Å². The van der Waals surface area contributed by atoms with Crippen molar-refractivity contribution in [3.63, 3.8) is 0 Å². The van der Waals surface area contributed by atoms with Crippen LogP contribution in [-0.2, 0) is 23.9 Å². The third kappa shape index (κ3) is 4.21. The Morgan fingerprint density at radius 1 is 1.33 bits per heavy atom. The Labute approximate surface area is 220 Å². The zero-order chi connectivity index (χ0) is 26.2. The quantitative estimate of drug-likeness (QED) is 0.268. The van der Waals surface area contributed by atoms with Crippen LogP contribution in [0, 0.1) is 25.7 Å². The molecule has 8 nitrogen and oxygen atoms in total. The summed E-state index contributed by atoms with van der Waals surface area (Å²) in [5.41, 5.74) is 1.46. The Kier molecular flexibility index (Phi) is 7.73. The second-order valence-corrected chi connectivity index (χ2v) is 10.9. The van der Waals surface area contributed by atoms with Gasteiger partial charge >= 0.3 is 5.97 Å². The van der Waals surface area contributed by atoms with Crippen molar-refractivity contribution in [2.45, 2.75) is 49.3 Å². The summed E-state index contributed by atoms with van der Waals surface area (Å²) in [5.74, 6) is -2.82. The monoisotopic (exact) mass is 560 g/mol. The fourth-order valence-corrected chi connectivity index (χ4v) is 6.93. The van der Waals surface area contributed by atoms with E-state index < -0.39 is 35.6 Å². The molecule has 3 unspecified atom stereocenters. The summed E-state index contributed by atoms with van der Waals surface area (Å²) < 4.78 is 11.8. The van der Waals surface area contributed by atoms with E-state index in [1.807, 2.05) is 32.0 Å². The fraction of sp³-hybridized carbons (Fsp3) is 0.519. The lowest BCUT2D eigenvalue weighted by Crippen LogP contribution is -2.57. The molecule has 3 saturated heterocycles. The maximum atomic E-state index is 14.4. The lowest BCUT2D eigenvalue weighted by molar-refractivity contribution is -0.153. The molecule has 36 heavy (non-hydrogen) atoms. The molecule has 1 spiro atoms. The molecule has 194 valence electrons. The predicted molar refractivity (Wildman–Crippen MR) is 139 cm³/mol. The molecule has 3 heterocycles. The van der Waals surface area contributed by atoms with Crippen LogP contribution in [0.4, 0.5) is 5.69 Å². The van der Waals surface area contributed by atoms with Crippen molar-refractivity contribution in [2.24, 2.45) is 11.8 Å². The van der Waals surface area contributed by atoms with E-state index >= 15 is 0 Å². The van der Waals surface area contributed by atoms with Crippen molar-refractivity contribution < 1.29 is 29.0 Å². The van der Waals surface area contributed by atoms with Crippen LogP contribution in [0.3, 0.4) is 0 Å². The lowest BCUT2D eigenvalue weighted by Gasteiger charge is -2.37. The predicted octanol–water partition coefficient (Wildman–Crippen LogP) is 2.68. The number of hydrogen-bond donors (Lipinski definition) is 1. The number of hydrogen-bond acceptors (Lipinski definition) is 6. The molecule has 0 aliphatic carbocycles. The molecule has 1 aromatic rings. The molecule has 3 fully saturated rings. The summed E-state index contributed by atoms with van der Waals surface area (Å²) in [6, 6.07) is 4.92. The number of aryl methyl sites for hydroxylation is 2. The van der Waals surface area contributed by atoms with E-state index in [0.717, 1.165) is 16.8 Å². The number of carbonyl (C=O) groups excluding carboxylic acids is 3. The highest BCUT2D eigenvalue weighted by molar-refractivity contribution is 9.09. The number of esters is 1. The molecular weight excluding hydrogens is 528 g/mol. The number of anilines is 1. The van der Waals surface area contributed by atoms with Crippen LogP contribution < -0.4 is 4.90 Å². The van der Waals surface area contributed by atoms with E-state index in [-0.39, 0.29) is 42.9 Å². The van der Waals surface area contributed by atoms with E-state index in [9.17, 15) is 19.5 Å². The van der Waals surface area contributed by atoms with Crippen LogP contribution in [0.2, 0.25) is 0 Å². The normalized spacial score (nSPS) is 30.3. The minimum Gasteiger partial charge on any atom is -0.461 e. The van der Waals surface area contributed by atoms with Crippen LogP contribution in [0.1, 0.15) is 24.0 Å². The minimum atomic E-state index is -1.18. The number of fused-ring (bicyclic) bond motifs is 1. The number of aliphatic hydroxyl groups is 1. The number of carbonyl (C=O) groups is 3. The average molecular weight is 561 g/mol.